The molecule has 6 aromatic carbocycles. The molecule has 5 nitrogen and oxygen atoms in total. The van der Waals surface area contributed by atoms with Crippen molar-refractivity contribution in [1.29, 1.82) is 0 Å². The summed E-state index contributed by atoms with van der Waals surface area (Å²) >= 11 is 0. The maximum absolute atomic E-state index is 5.11. The molecular weight excluding hydrogens is 562 g/mol. The summed E-state index contributed by atoms with van der Waals surface area (Å²) in [6.45, 7) is 0. The lowest BCUT2D eigenvalue weighted by Crippen LogP contribution is -1.97. The van der Waals surface area contributed by atoms with E-state index in [-0.39, 0.29) is 0 Å². The summed E-state index contributed by atoms with van der Waals surface area (Å²) < 4.78 is 4.70. The number of fused-ring (bicyclic) bond motifs is 11. The van der Waals surface area contributed by atoms with E-state index in [2.05, 4.69) is 135 Å². The number of para-hydroxylation sites is 3. The number of pyridine rings is 1. The summed E-state index contributed by atoms with van der Waals surface area (Å²) in [7, 11) is 0. The van der Waals surface area contributed by atoms with Gasteiger partial charge < -0.3 is 4.57 Å². The second kappa shape index (κ2) is 9.58. The summed E-state index contributed by atoms with van der Waals surface area (Å²) in [4.78, 5) is 14.7. The predicted octanol–water partition coefficient (Wildman–Crippen LogP) is 10.0. The van der Waals surface area contributed by atoms with Gasteiger partial charge in [-0.1, -0.05) is 97.1 Å². The molecule has 0 bridgehead atoms. The van der Waals surface area contributed by atoms with Gasteiger partial charge in [-0.25, -0.2) is 15.0 Å². The molecule has 46 heavy (non-hydrogen) atoms. The highest BCUT2D eigenvalue weighted by atomic mass is 15.0. The van der Waals surface area contributed by atoms with Crippen molar-refractivity contribution in [1.82, 2.24) is 23.9 Å². The van der Waals surface area contributed by atoms with Gasteiger partial charge in [0, 0.05) is 44.6 Å². The number of nitrogens with zero attached hydrogens (tertiary/aromatic N) is 5. The molecule has 0 atom stereocenters. The molecule has 4 heterocycles. The molecule has 0 unspecified atom stereocenters. The van der Waals surface area contributed by atoms with Crippen molar-refractivity contribution >= 4 is 60.2 Å². The third-order valence-corrected chi connectivity index (χ3v) is 9.14. The van der Waals surface area contributed by atoms with Gasteiger partial charge in [-0.2, -0.15) is 0 Å². The molecule has 0 radical (unpaired) electrons. The molecule has 0 N–H and O–H groups in total. The minimum absolute atomic E-state index is 0.701. The van der Waals surface area contributed by atoms with Crippen molar-refractivity contribution in [2.45, 2.75) is 0 Å². The molecule has 0 aliphatic rings. The van der Waals surface area contributed by atoms with Crippen LogP contribution in [-0.4, -0.2) is 23.9 Å². The molecule has 4 aromatic heterocycles. The largest absolute Gasteiger partial charge is 0.309 e. The van der Waals surface area contributed by atoms with Crippen molar-refractivity contribution < 1.29 is 0 Å². The van der Waals surface area contributed by atoms with E-state index >= 15 is 0 Å². The zero-order valence-corrected chi connectivity index (χ0v) is 24.7. The van der Waals surface area contributed by atoms with E-state index in [0.717, 1.165) is 61.1 Å². The Hall–Kier alpha value is -6.33. The summed E-state index contributed by atoms with van der Waals surface area (Å²) in [5.74, 6) is 0.701. The van der Waals surface area contributed by atoms with Crippen molar-refractivity contribution in [3.63, 3.8) is 0 Å². The molecule has 0 saturated heterocycles. The molecule has 5 heteroatoms. The molecule has 10 aromatic rings. The molecule has 0 aliphatic heterocycles. The molecule has 0 aliphatic carbocycles. The highest BCUT2D eigenvalue weighted by Gasteiger charge is 2.19. The first-order valence-corrected chi connectivity index (χ1v) is 15.5. The third kappa shape index (κ3) is 3.60. The van der Waals surface area contributed by atoms with Gasteiger partial charge in [0.25, 0.3) is 0 Å². The number of hydrogen-bond acceptors (Lipinski definition) is 3. The first-order chi connectivity index (χ1) is 22.8. The average molecular weight is 588 g/mol. The SMILES string of the molecule is c1ccc(-c2ccnc(-c3cccc(-n4c5ccccc5c5cc6c7ccccc7c7nc8ccccc8n7c6cc54)c3)n2)cc1. The molecule has 0 amide bonds. The fourth-order valence-corrected chi connectivity index (χ4v) is 7.10. The van der Waals surface area contributed by atoms with Crippen LogP contribution < -0.4 is 0 Å². The molecule has 0 fully saturated rings. The van der Waals surface area contributed by atoms with E-state index < -0.39 is 0 Å². The van der Waals surface area contributed by atoms with Crippen LogP contribution in [0.4, 0.5) is 0 Å². The number of imidazole rings is 1. The first kappa shape index (κ1) is 25.0. The van der Waals surface area contributed by atoms with Gasteiger partial charge >= 0.3 is 0 Å². The number of rotatable bonds is 3. The van der Waals surface area contributed by atoms with Gasteiger partial charge in [-0.15, -0.1) is 0 Å². The van der Waals surface area contributed by atoms with Crippen LogP contribution in [0.25, 0.3) is 88.5 Å². The Bertz CT molecular complexity index is 2810. The Labute approximate surface area is 263 Å². The van der Waals surface area contributed by atoms with Crippen molar-refractivity contribution in [2.24, 2.45) is 0 Å². The fraction of sp³-hybridized carbons (Fsp3) is 0. The monoisotopic (exact) mass is 587 g/mol. The summed E-state index contributed by atoms with van der Waals surface area (Å²) in [6, 6.07) is 51.2. The Balaban J connectivity index is 1.27. The highest BCUT2D eigenvalue weighted by Crippen LogP contribution is 2.39. The van der Waals surface area contributed by atoms with Crippen molar-refractivity contribution in [3.8, 4) is 28.3 Å². The Morgan fingerprint density at radius 3 is 2.04 bits per heavy atom. The summed E-state index contributed by atoms with van der Waals surface area (Å²) in [5.41, 5.74) is 10.5. The van der Waals surface area contributed by atoms with Crippen LogP contribution in [0.2, 0.25) is 0 Å². The number of aromatic nitrogens is 5. The minimum Gasteiger partial charge on any atom is -0.309 e. The van der Waals surface area contributed by atoms with Crippen molar-refractivity contribution in [2.75, 3.05) is 0 Å². The smallest absolute Gasteiger partial charge is 0.159 e. The molecule has 10 rings (SSSR count). The standard InChI is InChI=1S/C41H25N5/c1-2-11-26(12-3-1)34-21-22-42-40(43-34)27-13-10-14-28(23-27)45-36-19-8-6-16-30(36)33-24-32-29-15-4-5-17-31(29)41-44-35-18-7-9-20-37(35)46(41)39(32)25-38(33)45/h1-25H. The molecule has 0 spiro atoms. The van der Waals surface area contributed by atoms with Gasteiger partial charge in [0.05, 0.1) is 33.3 Å². The second-order valence-electron chi connectivity index (χ2n) is 11.7. The lowest BCUT2D eigenvalue weighted by atomic mass is 10.0. The van der Waals surface area contributed by atoms with Gasteiger partial charge in [0.15, 0.2) is 5.82 Å². The van der Waals surface area contributed by atoms with E-state index in [1.807, 2.05) is 30.5 Å². The van der Waals surface area contributed by atoms with E-state index in [1.165, 1.54) is 21.5 Å². The zero-order chi connectivity index (χ0) is 30.2. The molecule has 214 valence electrons. The van der Waals surface area contributed by atoms with Crippen LogP contribution in [0.1, 0.15) is 0 Å². The maximum Gasteiger partial charge on any atom is 0.159 e. The van der Waals surface area contributed by atoms with E-state index in [9.17, 15) is 0 Å². The fourth-order valence-electron chi connectivity index (χ4n) is 7.10. The van der Waals surface area contributed by atoms with E-state index in [4.69, 9.17) is 9.97 Å². The van der Waals surface area contributed by atoms with Crippen LogP contribution in [0.5, 0.6) is 0 Å². The molecule has 0 saturated carbocycles. The maximum atomic E-state index is 5.11. The quantitative estimate of drug-likeness (QED) is 0.193. The normalized spacial score (nSPS) is 11.9. The zero-order valence-electron chi connectivity index (χ0n) is 24.7. The van der Waals surface area contributed by atoms with Gasteiger partial charge in [0.1, 0.15) is 5.65 Å². The first-order valence-electron chi connectivity index (χ1n) is 15.5. The topological polar surface area (TPSA) is 48.0 Å². The Morgan fingerprint density at radius 1 is 0.435 bits per heavy atom. The van der Waals surface area contributed by atoms with Gasteiger partial charge in [-0.05, 0) is 53.9 Å². The lowest BCUT2D eigenvalue weighted by Gasteiger charge is -2.12. The summed E-state index contributed by atoms with van der Waals surface area (Å²) in [5, 5.41) is 5.99. The number of hydrogen-bond donors (Lipinski definition) is 0. The van der Waals surface area contributed by atoms with Crippen LogP contribution in [-0.2, 0) is 0 Å². The lowest BCUT2D eigenvalue weighted by molar-refractivity contribution is 1.15. The van der Waals surface area contributed by atoms with Gasteiger partial charge in [-0.3, -0.25) is 4.40 Å². The third-order valence-electron chi connectivity index (χ3n) is 9.14. The predicted molar refractivity (Wildman–Crippen MR) is 189 cm³/mol. The van der Waals surface area contributed by atoms with Crippen LogP contribution in [0.15, 0.2) is 152 Å². The second-order valence-corrected chi connectivity index (χ2v) is 11.7. The summed E-state index contributed by atoms with van der Waals surface area (Å²) in [6.07, 6.45) is 1.84. The minimum atomic E-state index is 0.701. The average Bonchev–Trinajstić information content (AvgIpc) is 3.68. The number of benzene rings is 6. The van der Waals surface area contributed by atoms with Crippen molar-refractivity contribution in [3.05, 3.63) is 152 Å². The van der Waals surface area contributed by atoms with E-state index in [0.29, 0.717) is 5.82 Å². The molecular formula is C41H25N5. The Kier molecular flexibility index (Phi) is 5.22. The van der Waals surface area contributed by atoms with E-state index in [1.54, 1.807) is 0 Å². The van der Waals surface area contributed by atoms with Gasteiger partial charge in [0.2, 0.25) is 0 Å². The highest BCUT2D eigenvalue weighted by molar-refractivity contribution is 6.20. The van der Waals surface area contributed by atoms with Crippen LogP contribution in [0.3, 0.4) is 0 Å². The van der Waals surface area contributed by atoms with Crippen LogP contribution in [0, 0.1) is 0 Å². The van der Waals surface area contributed by atoms with Crippen LogP contribution >= 0.6 is 0 Å². The Morgan fingerprint density at radius 2 is 1.15 bits per heavy atom.